The van der Waals surface area contributed by atoms with Gasteiger partial charge in [0.25, 0.3) is 5.69 Å². The zero-order valence-electron chi connectivity index (χ0n) is 20.2. The minimum atomic E-state index is -1.15. The molecule has 0 aliphatic heterocycles. The molecule has 11 nitrogen and oxygen atoms in total. The van der Waals surface area contributed by atoms with E-state index in [0.717, 1.165) is 11.8 Å². The van der Waals surface area contributed by atoms with Crippen molar-refractivity contribution in [3.63, 3.8) is 0 Å². The van der Waals surface area contributed by atoms with Crippen molar-refractivity contribution in [2.24, 2.45) is 0 Å². The number of aliphatic carboxylic acids is 1. The largest absolute Gasteiger partial charge is 0.497 e. The monoisotopic (exact) mass is 521 g/mol. The van der Waals surface area contributed by atoms with E-state index in [1.807, 2.05) is 6.92 Å². The molecule has 0 radical (unpaired) electrons. The Morgan fingerprint density at radius 3 is 2.46 bits per heavy atom. The lowest BCUT2D eigenvalue weighted by Gasteiger charge is -2.11. The van der Waals surface area contributed by atoms with Crippen LogP contribution in [-0.4, -0.2) is 49.6 Å². The lowest BCUT2D eigenvalue weighted by molar-refractivity contribution is -0.384. The third kappa shape index (κ3) is 5.48. The van der Waals surface area contributed by atoms with E-state index >= 15 is 0 Å². The van der Waals surface area contributed by atoms with Crippen LogP contribution in [-0.2, 0) is 11.3 Å². The molecule has 0 saturated carbocycles. The number of ether oxygens (including phenoxy) is 2. The van der Waals surface area contributed by atoms with Crippen molar-refractivity contribution in [1.82, 2.24) is 19.3 Å². The van der Waals surface area contributed by atoms with Gasteiger partial charge in [0, 0.05) is 42.2 Å². The van der Waals surface area contributed by atoms with E-state index in [2.05, 4.69) is 10.2 Å². The molecule has 0 bridgehead atoms. The van der Waals surface area contributed by atoms with Crippen molar-refractivity contribution >= 4 is 29.5 Å². The first kappa shape index (κ1) is 25.5. The summed E-state index contributed by atoms with van der Waals surface area (Å²) >= 11 is 0.960. The van der Waals surface area contributed by atoms with Crippen LogP contribution in [0.15, 0.2) is 70.9 Å². The average molecular weight is 522 g/mol. The van der Waals surface area contributed by atoms with Gasteiger partial charge in [-0.05, 0) is 55.1 Å². The fraction of sp³-hybridized carbons (Fsp3) is 0.160. The van der Waals surface area contributed by atoms with Crippen molar-refractivity contribution < 1.29 is 24.3 Å². The topological polar surface area (TPSA) is 135 Å². The third-order valence-electron chi connectivity index (χ3n) is 5.43. The van der Waals surface area contributed by atoms with Gasteiger partial charge in [0.05, 0.1) is 24.8 Å². The molecule has 0 amide bonds. The molecule has 4 rings (SSSR count). The van der Waals surface area contributed by atoms with E-state index in [0.29, 0.717) is 46.0 Å². The number of nitro benzene ring substituents is 1. The van der Waals surface area contributed by atoms with E-state index in [1.165, 1.54) is 18.2 Å². The van der Waals surface area contributed by atoms with Gasteiger partial charge in [0.1, 0.15) is 16.4 Å². The first-order chi connectivity index (χ1) is 17.8. The lowest BCUT2D eigenvalue weighted by atomic mass is 10.2. The number of rotatable bonds is 10. The van der Waals surface area contributed by atoms with Gasteiger partial charge in [0.2, 0.25) is 0 Å². The van der Waals surface area contributed by atoms with Crippen molar-refractivity contribution in [2.75, 3.05) is 14.2 Å². The molecule has 190 valence electrons. The smallest absolute Gasteiger partial charge is 0.342 e. The Morgan fingerprint density at radius 2 is 1.84 bits per heavy atom. The Balaban J connectivity index is 1.71. The number of aromatic nitrogens is 4. The predicted molar refractivity (Wildman–Crippen MR) is 138 cm³/mol. The number of thioether (sulfide) groups is 1. The van der Waals surface area contributed by atoms with Crippen LogP contribution in [0, 0.1) is 10.1 Å². The first-order valence-corrected chi connectivity index (χ1v) is 11.9. The van der Waals surface area contributed by atoms with Crippen LogP contribution < -0.4 is 9.47 Å². The number of carbonyl (C=O) groups is 1. The Kier molecular flexibility index (Phi) is 7.58. The van der Waals surface area contributed by atoms with E-state index in [4.69, 9.17) is 9.47 Å². The molecular formula is C25H23N5O6S. The fourth-order valence-electron chi connectivity index (χ4n) is 3.67. The Labute approximate surface area is 216 Å². The maximum absolute atomic E-state index is 12.2. The first-order valence-electron chi connectivity index (χ1n) is 11.1. The highest BCUT2D eigenvalue weighted by Gasteiger charge is 2.20. The Hall–Kier alpha value is -4.58. The number of hydrogen-bond donors (Lipinski definition) is 1. The summed E-state index contributed by atoms with van der Waals surface area (Å²) in [5, 5.41) is 30.1. The molecule has 2 aromatic carbocycles. The molecule has 37 heavy (non-hydrogen) atoms. The second kappa shape index (κ2) is 11.0. The molecule has 0 fully saturated rings. The molecule has 0 aliphatic rings. The van der Waals surface area contributed by atoms with Crippen molar-refractivity contribution in [2.45, 2.75) is 18.6 Å². The second-order valence-electron chi connectivity index (χ2n) is 7.65. The normalized spacial score (nSPS) is 11.4. The molecule has 0 atom stereocenters. The Bertz CT molecular complexity index is 1470. The zero-order valence-corrected chi connectivity index (χ0v) is 21.0. The molecule has 0 saturated heterocycles. The van der Waals surface area contributed by atoms with Crippen molar-refractivity contribution in [3.05, 3.63) is 81.5 Å². The number of carboxylic acids is 1. The molecule has 1 N–H and O–H groups in total. The van der Waals surface area contributed by atoms with Gasteiger partial charge in [0.15, 0.2) is 11.0 Å². The minimum absolute atomic E-state index is 0.00209. The summed E-state index contributed by atoms with van der Waals surface area (Å²) in [6.45, 7) is 2.40. The Morgan fingerprint density at radius 1 is 1.11 bits per heavy atom. The molecule has 2 aromatic heterocycles. The lowest BCUT2D eigenvalue weighted by Crippen LogP contribution is -2.04. The molecule has 0 unspecified atom stereocenters. The van der Waals surface area contributed by atoms with Gasteiger partial charge in [-0.3, -0.25) is 10.1 Å². The highest BCUT2D eigenvalue weighted by atomic mass is 32.2. The summed E-state index contributed by atoms with van der Waals surface area (Å²) in [7, 11) is 3.11. The highest BCUT2D eigenvalue weighted by molar-refractivity contribution is 8.04. The van der Waals surface area contributed by atoms with Crippen LogP contribution in [0.25, 0.3) is 23.2 Å². The fourth-order valence-corrected chi connectivity index (χ4v) is 4.54. The number of methoxy groups -OCH3 is 2. The zero-order chi connectivity index (χ0) is 26.5. The van der Waals surface area contributed by atoms with Gasteiger partial charge in [-0.15, -0.1) is 10.2 Å². The number of non-ortho nitro benzene ring substituents is 1. The quantitative estimate of drug-likeness (QED) is 0.134. The van der Waals surface area contributed by atoms with Gasteiger partial charge in [-0.25, -0.2) is 4.79 Å². The number of benzene rings is 2. The molecule has 0 spiro atoms. The van der Waals surface area contributed by atoms with Gasteiger partial charge < -0.3 is 23.7 Å². The SMILES string of the molecule is CCn1c(S/C(=C\c2cccn2-c2cccc([N+](=O)[O-])c2)C(=O)O)nnc1-c1cc(OC)cc(OC)c1. The standard InChI is InChI=1S/C25H23N5O6S/c1-4-28-23(16-11-20(35-2)15-21(12-16)36-3)26-27-25(28)37-22(24(31)32)14-18-9-6-10-29(18)17-7-5-8-19(13-17)30(33)34/h5-15H,4H2,1-3H3,(H,31,32)/b22-14-. The summed E-state index contributed by atoms with van der Waals surface area (Å²) in [5.41, 5.74) is 1.71. The van der Waals surface area contributed by atoms with Crippen LogP contribution in [0.3, 0.4) is 0 Å². The average Bonchev–Trinajstić information content (AvgIpc) is 3.54. The second-order valence-corrected chi connectivity index (χ2v) is 8.66. The van der Waals surface area contributed by atoms with Crippen LogP contribution in [0.5, 0.6) is 11.5 Å². The van der Waals surface area contributed by atoms with Crippen LogP contribution in [0.4, 0.5) is 5.69 Å². The van der Waals surface area contributed by atoms with Crippen LogP contribution in [0.1, 0.15) is 12.6 Å². The molecule has 12 heteroatoms. The van der Waals surface area contributed by atoms with E-state index < -0.39 is 10.9 Å². The summed E-state index contributed by atoms with van der Waals surface area (Å²) in [6.07, 6.45) is 3.20. The highest BCUT2D eigenvalue weighted by Crippen LogP contribution is 2.34. The summed E-state index contributed by atoms with van der Waals surface area (Å²) in [4.78, 5) is 22.9. The molecule has 0 aliphatic carbocycles. The third-order valence-corrected chi connectivity index (χ3v) is 6.43. The molecule has 4 aromatic rings. The number of hydrogen-bond acceptors (Lipinski definition) is 8. The van der Waals surface area contributed by atoms with E-state index in [1.54, 1.807) is 72.0 Å². The van der Waals surface area contributed by atoms with Crippen molar-refractivity contribution in [3.8, 4) is 28.6 Å². The minimum Gasteiger partial charge on any atom is -0.497 e. The number of carboxylic acid groups (broad SMARTS) is 1. The number of nitrogens with zero attached hydrogens (tertiary/aromatic N) is 5. The van der Waals surface area contributed by atoms with Crippen molar-refractivity contribution in [1.29, 1.82) is 0 Å². The van der Waals surface area contributed by atoms with Crippen LogP contribution >= 0.6 is 11.8 Å². The van der Waals surface area contributed by atoms with E-state index in [9.17, 15) is 20.0 Å². The van der Waals surface area contributed by atoms with Gasteiger partial charge >= 0.3 is 5.97 Å². The summed E-state index contributed by atoms with van der Waals surface area (Å²) < 4.78 is 14.2. The van der Waals surface area contributed by atoms with E-state index in [-0.39, 0.29) is 10.6 Å². The van der Waals surface area contributed by atoms with Gasteiger partial charge in [-0.1, -0.05) is 6.07 Å². The molecular weight excluding hydrogens is 498 g/mol. The predicted octanol–water partition coefficient (Wildman–Crippen LogP) is 4.90. The van der Waals surface area contributed by atoms with Crippen LogP contribution in [0.2, 0.25) is 0 Å². The van der Waals surface area contributed by atoms with Gasteiger partial charge in [-0.2, -0.15) is 0 Å². The summed E-state index contributed by atoms with van der Waals surface area (Å²) in [6, 6.07) is 14.9. The maximum Gasteiger partial charge on any atom is 0.342 e. The maximum atomic E-state index is 12.2. The molecule has 2 heterocycles. The summed E-state index contributed by atoms with van der Waals surface area (Å²) in [5.74, 6) is 0.559. The number of nitro groups is 1.